The lowest BCUT2D eigenvalue weighted by Gasteiger charge is -2.27. The monoisotopic (exact) mass is 463 g/mol. The highest BCUT2D eigenvalue weighted by Gasteiger charge is 2.28. The number of benzene rings is 1. The lowest BCUT2D eigenvalue weighted by atomic mass is 10.2. The van der Waals surface area contributed by atoms with Crippen molar-refractivity contribution in [3.63, 3.8) is 0 Å². The van der Waals surface area contributed by atoms with Crippen LogP contribution in [0, 0.1) is 5.82 Å². The topological polar surface area (TPSA) is 72.3 Å². The van der Waals surface area contributed by atoms with Gasteiger partial charge in [-0.3, -0.25) is 4.79 Å². The van der Waals surface area contributed by atoms with Crippen molar-refractivity contribution >= 4 is 27.1 Å². The van der Waals surface area contributed by atoms with E-state index in [1.165, 1.54) is 41.8 Å². The third kappa shape index (κ3) is 5.22. The third-order valence-corrected chi connectivity index (χ3v) is 7.28. The van der Waals surface area contributed by atoms with E-state index in [2.05, 4.69) is 4.98 Å². The predicted molar refractivity (Wildman–Crippen MR) is 119 cm³/mol. The number of carbonyl (C=O) groups is 1. The van der Waals surface area contributed by atoms with Gasteiger partial charge in [-0.25, -0.2) is 17.8 Å². The van der Waals surface area contributed by atoms with Crippen LogP contribution in [-0.2, 0) is 22.1 Å². The van der Waals surface area contributed by atoms with Crippen molar-refractivity contribution in [2.24, 2.45) is 0 Å². The Hall–Kier alpha value is -2.52. The number of carbonyl (C=O) groups excluding carboxylic acids is 1. The Kier molecular flexibility index (Phi) is 6.96. The Morgan fingerprint density at radius 1 is 1.16 bits per heavy atom. The summed E-state index contributed by atoms with van der Waals surface area (Å²) in [4.78, 5) is 19.5. The normalized spacial score (nSPS) is 12.0. The van der Waals surface area contributed by atoms with Crippen molar-refractivity contribution < 1.29 is 17.6 Å². The second-order valence-corrected chi connectivity index (χ2v) is 10.7. The molecule has 0 N–H and O–H groups in total. The summed E-state index contributed by atoms with van der Waals surface area (Å²) < 4.78 is 41.1. The van der Waals surface area contributed by atoms with E-state index in [-0.39, 0.29) is 35.4 Å². The number of hydrogen-bond acceptors (Lipinski definition) is 5. The molecule has 31 heavy (non-hydrogen) atoms. The van der Waals surface area contributed by atoms with Crippen molar-refractivity contribution in [3.05, 3.63) is 69.9 Å². The number of sulfone groups is 1. The molecule has 0 atom stereocenters. The van der Waals surface area contributed by atoms with E-state index in [0.29, 0.717) is 16.1 Å². The number of aromatic nitrogens is 2. The molecule has 0 radical (unpaired) electrons. The highest BCUT2D eigenvalue weighted by Crippen LogP contribution is 2.24. The molecule has 9 heteroatoms. The SMILES string of the molecule is CC(C)N(Cc1cnc(S(=O)(=O)Cc2ccc(F)cc2)n1C(C)C)C(=O)c1cccs1. The molecule has 0 spiro atoms. The molecule has 0 unspecified atom stereocenters. The largest absolute Gasteiger partial charge is 0.330 e. The quantitative estimate of drug-likeness (QED) is 0.486. The number of hydrogen-bond donors (Lipinski definition) is 0. The maximum atomic E-state index is 13.2. The van der Waals surface area contributed by atoms with Crippen LogP contribution in [0.15, 0.2) is 53.1 Å². The molecule has 166 valence electrons. The molecule has 3 aromatic rings. The zero-order chi connectivity index (χ0) is 22.8. The Balaban J connectivity index is 1.94. The van der Waals surface area contributed by atoms with Gasteiger partial charge in [-0.1, -0.05) is 18.2 Å². The maximum Gasteiger partial charge on any atom is 0.264 e. The molecule has 0 bridgehead atoms. The summed E-state index contributed by atoms with van der Waals surface area (Å²) in [6.45, 7) is 7.85. The fourth-order valence-electron chi connectivity index (χ4n) is 3.35. The molecule has 3 rings (SSSR count). The third-order valence-electron chi connectivity index (χ3n) is 4.85. The highest BCUT2D eigenvalue weighted by molar-refractivity contribution is 7.90. The second-order valence-electron chi connectivity index (χ2n) is 7.89. The van der Waals surface area contributed by atoms with Crippen LogP contribution in [0.1, 0.15) is 54.7 Å². The molecule has 0 aliphatic heterocycles. The van der Waals surface area contributed by atoms with Crippen molar-refractivity contribution in [2.75, 3.05) is 0 Å². The molecule has 0 aliphatic carbocycles. The average Bonchev–Trinajstić information content (AvgIpc) is 3.37. The van der Waals surface area contributed by atoms with Gasteiger partial charge in [-0.2, -0.15) is 0 Å². The lowest BCUT2D eigenvalue weighted by Crippen LogP contribution is -2.36. The molecule has 0 saturated heterocycles. The van der Waals surface area contributed by atoms with Gasteiger partial charge in [0.1, 0.15) is 5.82 Å². The minimum atomic E-state index is -3.77. The van der Waals surface area contributed by atoms with Gasteiger partial charge in [0.2, 0.25) is 15.0 Å². The van der Waals surface area contributed by atoms with Gasteiger partial charge in [0, 0.05) is 12.1 Å². The van der Waals surface area contributed by atoms with Crippen LogP contribution >= 0.6 is 11.3 Å². The predicted octanol–water partition coefficient (Wildman–Crippen LogP) is 4.69. The Morgan fingerprint density at radius 2 is 1.84 bits per heavy atom. The summed E-state index contributed by atoms with van der Waals surface area (Å²) in [5.41, 5.74) is 1.13. The lowest BCUT2D eigenvalue weighted by molar-refractivity contribution is 0.0689. The second kappa shape index (κ2) is 9.32. The Morgan fingerprint density at radius 3 is 2.39 bits per heavy atom. The van der Waals surface area contributed by atoms with E-state index < -0.39 is 15.7 Å². The van der Waals surface area contributed by atoms with Gasteiger partial charge < -0.3 is 9.47 Å². The molecule has 0 aliphatic rings. The van der Waals surface area contributed by atoms with Crippen LogP contribution in [0.2, 0.25) is 0 Å². The number of thiophene rings is 1. The van der Waals surface area contributed by atoms with Crippen LogP contribution in [0.25, 0.3) is 0 Å². The Labute approximate surface area is 186 Å². The van der Waals surface area contributed by atoms with Crippen LogP contribution in [0.4, 0.5) is 4.39 Å². The molecule has 0 fully saturated rings. The molecule has 2 heterocycles. The van der Waals surface area contributed by atoms with Gasteiger partial charge in [0.15, 0.2) is 0 Å². The molecule has 6 nitrogen and oxygen atoms in total. The molecular formula is C22H26FN3O3S2. The van der Waals surface area contributed by atoms with E-state index in [9.17, 15) is 17.6 Å². The van der Waals surface area contributed by atoms with E-state index in [4.69, 9.17) is 0 Å². The van der Waals surface area contributed by atoms with Crippen molar-refractivity contribution in [3.8, 4) is 0 Å². The Bertz CT molecular complexity index is 1140. The first-order valence-electron chi connectivity index (χ1n) is 9.98. The summed E-state index contributed by atoms with van der Waals surface area (Å²) in [5.74, 6) is -0.799. The molecule has 1 aromatic carbocycles. The zero-order valence-corrected chi connectivity index (χ0v) is 19.6. The first-order valence-corrected chi connectivity index (χ1v) is 12.5. The zero-order valence-electron chi connectivity index (χ0n) is 17.9. The number of halogens is 1. The highest BCUT2D eigenvalue weighted by atomic mass is 32.2. The first kappa shape index (κ1) is 23.1. The fourth-order valence-corrected chi connectivity index (χ4v) is 5.63. The molecule has 0 saturated carbocycles. The van der Waals surface area contributed by atoms with E-state index in [1.807, 2.05) is 39.1 Å². The smallest absolute Gasteiger partial charge is 0.264 e. The van der Waals surface area contributed by atoms with E-state index >= 15 is 0 Å². The van der Waals surface area contributed by atoms with E-state index in [1.54, 1.807) is 15.5 Å². The summed E-state index contributed by atoms with van der Waals surface area (Å²) in [7, 11) is -3.77. The minimum absolute atomic E-state index is 0.0471. The average molecular weight is 464 g/mol. The van der Waals surface area contributed by atoms with Crippen molar-refractivity contribution in [1.29, 1.82) is 0 Å². The molecule has 2 aromatic heterocycles. The summed E-state index contributed by atoms with van der Waals surface area (Å²) >= 11 is 1.37. The van der Waals surface area contributed by atoms with Crippen molar-refractivity contribution in [1.82, 2.24) is 14.5 Å². The van der Waals surface area contributed by atoms with Crippen LogP contribution < -0.4 is 0 Å². The van der Waals surface area contributed by atoms with Crippen LogP contribution in [0.5, 0.6) is 0 Å². The summed E-state index contributed by atoms with van der Waals surface area (Å²) in [6, 6.07) is 8.73. The maximum absolute atomic E-state index is 13.2. The molecular weight excluding hydrogens is 437 g/mol. The fraction of sp³-hybridized carbons (Fsp3) is 0.364. The van der Waals surface area contributed by atoms with Gasteiger partial charge in [0.25, 0.3) is 5.91 Å². The van der Waals surface area contributed by atoms with Crippen LogP contribution in [0.3, 0.4) is 0 Å². The standard InChI is InChI=1S/C22H26FN3O3S2/c1-15(2)25(21(27)20-6-5-11-30-20)13-19-12-24-22(26(19)16(3)4)31(28,29)14-17-7-9-18(23)10-8-17/h5-12,15-16H,13-14H2,1-4H3. The number of imidazole rings is 1. The minimum Gasteiger partial charge on any atom is -0.330 e. The van der Waals surface area contributed by atoms with Crippen LogP contribution in [-0.4, -0.2) is 34.8 Å². The molecule has 1 amide bonds. The number of rotatable bonds is 8. The summed E-state index contributed by atoms with van der Waals surface area (Å²) in [5, 5.41) is 1.80. The van der Waals surface area contributed by atoms with Gasteiger partial charge >= 0.3 is 0 Å². The number of amides is 1. The summed E-state index contributed by atoms with van der Waals surface area (Å²) in [6.07, 6.45) is 1.52. The van der Waals surface area contributed by atoms with Crippen molar-refractivity contribution in [2.45, 2.75) is 57.2 Å². The number of nitrogens with zero attached hydrogens (tertiary/aromatic N) is 3. The first-order chi connectivity index (χ1) is 14.6. The van der Waals surface area contributed by atoms with E-state index in [0.717, 1.165) is 0 Å². The van der Waals surface area contributed by atoms with Gasteiger partial charge in [0.05, 0.1) is 29.1 Å². The van der Waals surface area contributed by atoms with Gasteiger partial charge in [-0.05, 0) is 56.8 Å². The van der Waals surface area contributed by atoms with Gasteiger partial charge in [-0.15, -0.1) is 11.3 Å².